The van der Waals surface area contributed by atoms with E-state index >= 15 is 0 Å². The molecule has 9 rings (SSSR count). The van der Waals surface area contributed by atoms with Crippen LogP contribution in [0, 0.1) is 0 Å². The Labute approximate surface area is 393 Å². The number of hydrogen-bond acceptors (Lipinski definition) is 11. The predicted octanol–water partition coefficient (Wildman–Crippen LogP) is 9.14. The molecule has 11 nitrogen and oxygen atoms in total. The molecule has 11 heteroatoms. The Hall–Kier alpha value is -5.12. The smallest absolute Gasteiger partial charge is 0.187 e. The Morgan fingerprint density at radius 2 is 0.821 bits per heavy atom. The monoisotopic (exact) mass is 908 g/mol. The van der Waals surface area contributed by atoms with E-state index in [0.717, 1.165) is 38.9 Å². The first-order chi connectivity index (χ1) is 33.2. The summed E-state index contributed by atoms with van der Waals surface area (Å²) in [6, 6.07) is 58.4. The van der Waals surface area contributed by atoms with Crippen molar-refractivity contribution in [1.29, 1.82) is 0 Å². The van der Waals surface area contributed by atoms with Crippen LogP contribution >= 0.6 is 0 Å². The van der Waals surface area contributed by atoms with Crippen LogP contribution in [0.5, 0.6) is 0 Å². The maximum Gasteiger partial charge on any atom is 0.187 e. The third kappa shape index (κ3) is 12.7. The van der Waals surface area contributed by atoms with E-state index in [9.17, 15) is 0 Å². The fourth-order valence-electron chi connectivity index (χ4n) is 8.82. The molecule has 0 radical (unpaired) electrons. The summed E-state index contributed by atoms with van der Waals surface area (Å²) < 4.78 is 74.4. The predicted molar refractivity (Wildman–Crippen MR) is 250 cm³/mol. The summed E-state index contributed by atoms with van der Waals surface area (Å²) in [7, 11) is 1.61. The minimum Gasteiger partial charge on any atom is -0.374 e. The molecule has 10 atom stereocenters. The van der Waals surface area contributed by atoms with Gasteiger partial charge in [-0.25, -0.2) is 0 Å². The quantitative estimate of drug-likeness (QED) is 0.0778. The maximum absolute atomic E-state index is 6.97. The number of benzene rings is 6. The average molecular weight is 909 g/mol. The van der Waals surface area contributed by atoms with Crippen LogP contribution in [0.1, 0.15) is 38.9 Å². The molecule has 0 aromatic heterocycles. The van der Waals surface area contributed by atoms with Gasteiger partial charge in [-0.3, -0.25) is 0 Å². The first-order valence-electron chi connectivity index (χ1n) is 23.2. The Morgan fingerprint density at radius 1 is 0.403 bits per heavy atom. The number of ether oxygens (including phenoxy) is 11. The van der Waals surface area contributed by atoms with Gasteiger partial charge in [-0.05, 0) is 38.9 Å². The zero-order valence-corrected chi connectivity index (χ0v) is 37.9. The van der Waals surface area contributed by atoms with E-state index in [1.54, 1.807) is 7.11 Å². The summed E-state index contributed by atoms with van der Waals surface area (Å²) in [5.74, 6) is 0. The van der Waals surface area contributed by atoms with Gasteiger partial charge in [0.1, 0.15) is 48.8 Å². The van der Waals surface area contributed by atoms with E-state index in [2.05, 4.69) is 12.1 Å². The molecule has 2 fully saturated rings. The summed E-state index contributed by atoms with van der Waals surface area (Å²) in [5.41, 5.74) is 7.11. The molecule has 2 saturated heterocycles. The summed E-state index contributed by atoms with van der Waals surface area (Å²) >= 11 is 0. The lowest BCUT2D eigenvalue weighted by molar-refractivity contribution is -0.351. The van der Waals surface area contributed by atoms with Gasteiger partial charge in [0.05, 0.1) is 59.5 Å². The molecule has 350 valence electrons. The van der Waals surface area contributed by atoms with Crippen LogP contribution < -0.4 is 0 Å². The van der Waals surface area contributed by atoms with Crippen LogP contribution in [0.3, 0.4) is 0 Å². The van der Waals surface area contributed by atoms with Crippen LogP contribution in [0.4, 0.5) is 0 Å². The fourth-order valence-corrected chi connectivity index (χ4v) is 8.82. The van der Waals surface area contributed by atoms with E-state index in [1.807, 2.05) is 164 Å². The minimum absolute atomic E-state index is 0.0183. The molecule has 6 aromatic rings. The lowest BCUT2D eigenvalue weighted by atomic mass is 9.96. The molecule has 3 aliphatic heterocycles. The highest BCUT2D eigenvalue weighted by Crippen LogP contribution is 2.35. The van der Waals surface area contributed by atoms with Crippen molar-refractivity contribution in [1.82, 2.24) is 0 Å². The SMILES string of the molecule is CO[C@H]1O[C@H](CO[C@@H]2O[C@@H]3COCc4ccccc4CO[C@H]([C@H]2OCc2ccccc2)[C@@H]3OCc2ccccc2)[C@@H](OCc2ccccc2)[C@H](OCc2ccccc2)[C@H]1OCc1ccccc1. The molecule has 6 aromatic carbocycles. The topological polar surface area (TPSA) is 102 Å². The zero-order valence-electron chi connectivity index (χ0n) is 37.9. The van der Waals surface area contributed by atoms with E-state index in [4.69, 9.17) is 52.1 Å². The molecular formula is C56H60O11. The Bertz CT molecular complexity index is 2320. The van der Waals surface area contributed by atoms with E-state index in [0.29, 0.717) is 39.6 Å². The zero-order chi connectivity index (χ0) is 45.5. The highest BCUT2D eigenvalue weighted by atomic mass is 16.7. The van der Waals surface area contributed by atoms with Crippen LogP contribution in [0.2, 0.25) is 0 Å². The maximum atomic E-state index is 6.97. The van der Waals surface area contributed by atoms with Crippen LogP contribution in [0.15, 0.2) is 176 Å². The van der Waals surface area contributed by atoms with Crippen LogP contribution in [0.25, 0.3) is 0 Å². The molecular weight excluding hydrogens is 849 g/mol. The lowest BCUT2D eigenvalue weighted by Gasteiger charge is -2.48. The van der Waals surface area contributed by atoms with E-state index in [1.165, 1.54) is 0 Å². The van der Waals surface area contributed by atoms with Crippen molar-refractivity contribution < 1.29 is 52.1 Å². The highest BCUT2D eigenvalue weighted by Gasteiger charge is 2.52. The second-order valence-electron chi connectivity index (χ2n) is 17.0. The molecule has 67 heavy (non-hydrogen) atoms. The van der Waals surface area contributed by atoms with Gasteiger partial charge in [0.2, 0.25) is 0 Å². The van der Waals surface area contributed by atoms with Crippen LogP contribution in [-0.4, -0.2) is 81.7 Å². The normalized spacial score (nSPS) is 26.3. The lowest BCUT2D eigenvalue weighted by Crippen LogP contribution is -2.64. The molecule has 0 amide bonds. The van der Waals surface area contributed by atoms with E-state index in [-0.39, 0.29) is 19.8 Å². The molecule has 3 aliphatic rings. The molecule has 0 unspecified atom stereocenters. The third-order valence-electron chi connectivity index (χ3n) is 12.4. The third-order valence-corrected chi connectivity index (χ3v) is 12.4. The van der Waals surface area contributed by atoms with E-state index < -0.39 is 61.4 Å². The number of rotatable bonds is 19. The first-order valence-corrected chi connectivity index (χ1v) is 23.2. The van der Waals surface area contributed by atoms with Gasteiger partial charge in [-0.15, -0.1) is 0 Å². The van der Waals surface area contributed by atoms with Gasteiger partial charge in [-0.1, -0.05) is 176 Å². The van der Waals surface area contributed by atoms with Gasteiger partial charge >= 0.3 is 0 Å². The van der Waals surface area contributed by atoms with Crippen molar-refractivity contribution >= 4 is 0 Å². The van der Waals surface area contributed by atoms with Gasteiger partial charge in [0.25, 0.3) is 0 Å². The first kappa shape index (κ1) is 47.0. The van der Waals surface area contributed by atoms with Gasteiger partial charge in [0.15, 0.2) is 12.6 Å². The number of hydrogen-bond donors (Lipinski definition) is 0. The molecule has 3 heterocycles. The highest BCUT2D eigenvalue weighted by molar-refractivity contribution is 5.26. The molecule has 0 spiro atoms. The van der Waals surface area contributed by atoms with Gasteiger partial charge in [0, 0.05) is 7.11 Å². The van der Waals surface area contributed by atoms with Crippen molar-refractivity contribution in [2.75, 3.05) is 20.3 Å². The number of methoxy groups -OCH3 is 1. The summed E-state index contributed by atoms with van der Waals surface area (Å²) in [6.07, 6.45) is -7.03. The van der Waals surface area contributed by atoms with Crippen molar-refractivity contribution in [2.45, 2.75) is 108 Å². The summed E-state index contributed by atoms with van der Waals surface area (Å²) in [5, 5.41) is 0. The summed E-state index contributed by atoms with van der Waals surface area (Å²) in [4.78, 5) is 0. The van der Waals surface area contributed by atoms with Crippen molar-refractivity contribution in [3.8, 4) is 0 Å². The second-order valence-corrected chi connectivity index (χ2v) is 17.0. The van der Waals surface area contributed by atoms with Crippen LogP contribution in [-0.2, 0) is 98.4 Å². The molecule has 2 bridgehead atoms. The van der Waals surface area contributed by atoms with Crippen molar-refractivity contribution in [2.24, 2.45) is 0 Å². The second kappa shape index (κ2) is 24.2. The number of fused-ring (bicyclic) bond motifs is 3. The van der Waals surface area contributed by atoms with Crippen molar-refractivity contribution in [3.05, 3.63) is 215 Å². The molecule has 0 N–H and O–H groups in total. The van der Waals surface area contributed by atoms with Gasteiger partial charge < -0.3 is 52.1 Å². The van der Waals surface area contributed by atoms with Gasteiger partial charge in [-0.2, -0.15) is 0 Å². The Balaban J connectivity index is 1.03. The fraction of sp³-hybridized carbons (Fsp3) is 0.357. The average Bonchev–Trinajstić information content (AvgIpc) is 3.38. The Kier molecular flexibility index (Phi) is 17.0. The Morgan fingerprint density at radius 3 is 1.31 bits per heavy atom. The minimum atomic E-state index is -0.941. The standard InChI is InChI=1S/C56H60O11/c1-57-55-53(62-34-43-25-13-5-14-26-43)51(61-33-42-23-11-4-12-24-42)50(60-32-41-21-9-3-10-22-41)48(66-55)39-65-56-54(63-35-44-27-15-6-16-28-44)52-49(59-31-40-19-7-2-8-20-40)47(67-56)38-58-36-45-29-17-18-30-46(45)37-64-52/h2-30,47-56H,31-39H2,1H3/t47-,48-,49-,50-,51+,52+,53-,54-,55+,56-/m1/s1. The molecule has 0 aliphatic carbocycles. The summed E-state index contributed by atoms with van der Waals surface area (Å²) in [6.45, 7) is 2.47. The van der Waals surface area contributed by atoms with Crippen molar-refractivity contribution in [3.63, 3.8) is 0 Å². The largest absolute Gasteiger partial charge is 0.374 e. The molecule has 0 saturated carbocycles.